The summed E-state index contributed by atoms with van der Waals surface area (Å²) < 4.78 is 0. The number of aryl methyl sites for hydroxylation is 1. The van der Waals surface area contributed by atoms with Gasteiger partial charge >= 0.3 is 0 Å². The molecule has 2 heteroatoms. The van der Waals surface area contributed by atoms with Gasteiger partial charge in [0, 0.05) is 16.5 Å². The molecule has 1 nitrogen and oxygen atoms in total. The third-order valence-corrected chi connectivity index (χ3v) is 5.09. The molecular weight excluding hydrogens is 278 g/mol. The van der Waals surface area contributed by atoms with Crippen molar-refractivity contribution in [2.45, 2.75) is 46.1 Å². The standard InChI is InChI=1S/C19H24ClN/c1-4-21-18-12-19(2,3)10-9-14-13-7-5-6-8-15(13)17(20)11-16(14)18/h5-8,11,18,21H,4,9-10,12H2,1-3H3. The number of rotatable bonds is 2. The molecule has 0 aromatic heterocycles. The molecule has 2 aromatic rings. The maximum Gasteiger partial charge on any atom is 0.0487 e. The van der Waals surface area contributed by atoms with E-state index in [1.807, 2.05) is 0 Å². The fraction of sp³-hybridized carbons (Fsp3) is 0.474. The summed E-state index contributed by atoms with van der Waals surface area (Å²) in [6.45, 7) is 7.94. The van der Waals surface area contributed by atoms with Crippen molar-refractivity contribution in [1.29, 1.82) is 0 Å². The van der Waals surface area contributed by atoms with Gasteiger partial charge in [-0.1, -0.05) is 56.6 Å². The molecule has 0 spiro atoms. The van der Waals surface area contributed by atoms with Crippen LogP contribution in [0.5, 0.6) is 0 Å². The molecule has 0 amide bonds. The summed E-state index contributed by atoms with van der Waals surface area (Å²) in [5, 5.41) is 7.07. The monoisotopic (exact) mass is 301 g/mol. The lowest BCUT2D eigenvalue weighted by Crippen LogP contribution is -2.25. The molecule has 0 heterocycles. The summed E-state index contributed by atoms with van der Waals surface area (Å²) in [6.07, 6.45) is 3.54. The molecule has 0 fully saturated rings. The van der Waals surface area contributed by atoms with Crippen molar-refractivity contribution >= 4 is 22.4 Å². The maximum atomic E-state index is 6.56. The lowest BCUT2D eigenvalue weighted by molar-refractivity contribution is 0.275. The van der Waals surface area contributed by atoms with Crippen LogP contribution >= 0.6 is 11.6 Å². The topological polar surface area (TPSA) is 12.0 Å². The lowest BCUT2D eigenvalue weighted by Gasteiger charge is -2.27. The normalized spacial score (nSPS) is 21.0. The quantitative estimate of drug-likeness (QED) is 0.722. The zero-order valence-corrected chi connectivity index (χ0v) is 13.9. The molecule has 0 aliphatic heterocycles. The number of fused-ring (bicyclic) bond motifs is 3. The van der Waals surface area contributed by atoms with Crippen molar-refractivity contribution in [3.05, 3.63) is 46.5 Å². The SMILES string of the molecule is CCNC1CC(C)(C)CCc2c1cc(Cl)c1ccccc21. The Balaban J connectivity index is 2.22. The van der Waals surface area contributed by atoms with E-state index in [0.29, 0.717) is 11.5 Å². The molecular formula is C19H24ClN. The van der Waals surface area contributed by atoms with Crippen molar-refractivity contribution in [3.63, 3.8) is 0 Å². The van der Waals surface area contributed by atoms with Crippen LogP contribution in [-0.4, -0.2) is 6.54 Å². The van der Waals surface area contributed by atoms with Crippen LogP contribution in [-0.2, 0) is 6.42 Å². The molecule has 1 aliphatic carbocycles. The van der Waals surface area contributed by atoms with E-state index in [1.54, 1.807) is 0 Å². The molecule has 1 unspecified atom stereocenters. The van der Waals surface area contributed by atoms with Crippen LogP contribution in [0.2, 0.25) is 5.02 Å². The van der Waals surface area contributed by atoms with Crippen molar-refractivity contribution in [1.82, 2.24) is 5.32 Å². The van der Waals surface area contributed by atoms with Gasteiger partial charge in [-0.2, -0.15) is 0 Å². The second kappa shape index (κ2) is 5.62. The van der Waals surface area contributed by atoms with Gasteiger partial charge in [0.25, 0.3) is 0 Å². The summed E-state index contributed by atoms with van der Waals surface area (Å²) in [6, 6.07) is 11.2. The minimum absolute atomic E-state index is 0.361. The first-order chi connectivity index (χ1) is 10.0. The minimum atomic E-state index is 0.361. The molecule has 0 saturated carbocycles. The Morgan fingerprint density at radius 3 is 2.67 bits per heavy atom. The van der Waals surface area contributed by atoms with E-state index in [2.05, 4.69) is 56.4 Å². The first-order valence-electron chi connectivity index (χ1n) is 7.95. The van der Waals surface area contributed by atoms with Crippen molar-refractivity contribution in [2.24, 2.45) is 5.41 Å². The summed E-state index contributed by atoms with van der Waals surface area (Å²) >= 11 is 6.56. The average molecular weight is 302 g/mol. The van der Waals surface area contributed by atoms with Crippen LogP contribution in [0.25, 0.3) is 10.8 Å². The number of nitrogens with one attached hydrogen (secondary N) is 1. The summed E-state index contributed by atoms with van der Waals surface area (Å²) in [4.78, 5) is 0. The molecule has 112 valence electrons. The maximum absolute atomic E-state index is 6.56. The van der Waals surface area contributed by atoms with Crippen LogP contribution in [0.1, 0.15) is 50.8 Å². The van der Waals surface area contributed by atoms with E-state index in [1.165, 1.54) is 34.7 Å². The Kier molecular flexibility index (Phi) is 3.98. The van der Waals surface area contributed by atoms with Gasteiger partial charge in [0.15, 0.2) is 0 Å². The van der Waals surface area contributed by atoms with Crippen LogP contribution in [0.3, 0.4) is 0 Å². The summed E-state index contributed by atoms with van der Waals surface area (Å²) in [7, 11) is 0. The molecule has 3 rings (SSSR count). The highest BCUT2D eigenvalue weighted by Crippen LogP contribution is 2.43. The third kappa shape index (κ3) is 2.82. The number of benzene rings is 2. The van der Waals surface area contributed by atoms with Crippen molar-refractivity contribution < 1.29 is 0 Å². The lowest BCUT2D eigenvalue weighted by atomic mass is 9.83. The number of hydrogen-bond acceptors (Lipinski definition) is 1. The van der Waals surface area contributed by atoms with Gasteiger partial charge in [-0.05, 0) is 53.8 Å². The van der Waals surface area contributed by atoms with Gasteiger partial charge in [0.05, 0.1) is 0 Å². The smallest absolute Gasteiger partial charge is 0.0487 e. The van der Waals surface area contributed by atoms with Gasteiger partial charge in [-0.3, -0.25) is 0 Å². The zero-order chi connectivity index (χ0) is 15.0. The van der Waals surface area contributed by atoms with E-state index in [4.69, 9.17) is 11.6 Å². The predicted molar refractivity (Wildman–Crippen MR) is 92.1 cm³/mol. The molecule has 0 bridgehead atoms. The highest BCUT2D eigenvalue weighted by molar-refractivity contribution is 6.35. The first kappa shape index (κ1) is 14.9. The van der Waals surface area contributed by atoms with Crippen LogP contribution in [0.15, 0.2) is 30.3 Å². The van der Waals surface area contributed by atoms with Crippen LogP contribution in [0.4, 0.5) is 0 Å². The fourth-order valence-electron chi connectivity index (χ4n) is 3.66. The number of halogens is 1. The van der Waals surface area contributed by atoms with Crippen molar-refractivity contribution in [2.75, 3.05) is 6.54 Å². The highest BCUT2D eigenvalue weighted by atomic mass is 35.5. The Morgan fingerprint density at radius 2 is 1.95 bits per heavy atom. The molecule has 21 heavy (non-hydrogen) atoms. The minimum Gasteiger partial charge on any atom is -0.310 e. The van der Waals surface area contributed by atoms with Gasteiger partial charge < -0.3 is 5.32 Å². The predicted octanol–water partition coefficient (Wildman–Crippen LogP) is 5.51. The van der Waals surface area contributed by atoms with E-state index >= 15 is 0 Å². The fourth-order valence-corrected chi connectivity index (χ4v) is 3.94. The second-order valence-corrected chi connectivity index (χ2v) is 7.36. The van der Waals surface area contributed by atoms with E-state index in [0.717, 1.165) is 18.0 Å². The molecule has 1 N–H and O–H groups in total. The van der Waals surface area contributed by atoms with Crippen molar-refractivity contribution in [3.8, 4) is 0 Å². The summed E-state index contributed by atoms with van der Waals surface area (Å²) in [5.41, 5.74) is 3.26. The highest BCUT2D eigenvalue weighted by Gasteiger charge is 2.30. The number of hydrogen-bond donors (Lipinski definition) is 1. The summed E-state index contributed by atoms with van der Waals surface area (Å²) in [5.74, 6) is 0. The zero-order valence-electron chi connectivity index (χ0n) is 13.2. The Bertz CT molecular complexity index is 660. The largest absolute Gasteiger partial charge is 0.310 e. The molecule has 1 aliphatic rings. The molecule has 0 saturated heterocycles. The van der Waals surface area contributed by atoms with E-state index < -0.39 is 0 Å². The second-order valence-electron chi connectivity index (χ2n) is 6.95. The van der Waals surface area contributed by atoms with Gasteiger partial charge in [-0.15, -0.1) is 0 Å². The Hall–Kier alpha value is -1.05. The van der Waals surface area contributed by atoms with Gasteiger partial charge in [-0.25, -0.2) is 0 Å². The van der Waals surface area contributed by atoms with E-state index in [9.17, 15) is 0 Å². The first-order valence-corrected chi connectivity index (χ1v) is 8.33. The molecule has 0 radical (unpaired) electrons. The van der Waals surface area contributed by atoms with Gasteiger partial charge in [0.1, 0.15) is 0 Å². The van der Waals surface area contributed by atoms with Gasteiger partial charge in [0.2, 0.25) is 0 Å². The Labute approximate surface area is 132 Å². The average Bonchev–Trinajstić information content (AvgIpc) is 2.57. The third-order valence-electron chi connectivity index (χ3n) is 4.77. The molecule has 2 aromatic carbocycles. The Morgan fingerprint density at radius 1 is 1.24 bits per heavy atom. The van der Waals surface area contributed by atoms with Crippen LogP contribution in [0, 0.1) is 5.41 Å². The van der Waals surface area contributed by atoms with Crippen LogP contribution < -0.4 is 5.32 Å². The van der Waals surface area contributed by atoms with E-state index in [-0.39, 0.29) is 0 Å². The molecule has 1 atom stereocenters.